The molecular formula is C14H16FNO2. The van der Waals surface area contributed by atoms with Crippen molar-refractivity contribution < 1.29 is 13.5 Å². The number of nitrogens with one attached hydrogen (secondary N) is 1. The number of halogens is 1. The first-order valence-electron chi connectivity index (χ1n) is 5.94. The Hall–Kier alpha value is -1.81. The number of rotatable bonds is 6. The first kappa shape index (κ1) is 12.6. The lowest BCUT2D eigenvalue weighted by atomic mass is 10.2. The summed E-state index contributed by atoms with van der Waals surface area (Å²) in [5, 5.41) is 3.18. The molecule has 0 aliphatic heterocycles. The van der Waals surface area contributed by atoms with Gasteiger partial charge in [-0.2, -0.15) is 0 Å². The second-order valence-electron chi connectivity index (χ2n) is 3.87. The summed E-state index contributed by atoms with van der Waals surface area (Å²) in [5.41, 5.74) is 0.930. The molecule has 3 nitrogen and oxygen atoms in total. The van der Waals surface area contributed by atoms with E-state index < -0.39 is 0 Å². The highest BCUT2D eigenvalue weighted by Crippen LogP contribution is 2.19. The Morgan fingerprint density at radius 3 is 2.89 bits per heavy atom. The molecule has 0 spiro atoms. The Morgan fingerprint density at radius 2 is 2.11 bits per heavy atom. The standard InChI is InChI=1S/C14H16FNO2/c1-2-16-9-14-11(7-8-17-14)10-18-13-6-4-3-5-12(13)15/h3-8,16H,2,9-10H2,1H3. The van der Waals surface area contributed by atoms with Crippen LogP contribution in [0.4, 0.5) is 4.39 Å². The van der Waals surface area contributed by atoms with E-state index >= 15 is 0 Å². The summed E-state index contributed by atoms with van der Waals surface area (Å²) >= 11 is 0. The van der Waals surface area contributed by atoms with Crippen molar-refractivity contribution in [2.45, 2.75) is 20.1 Å². The van der Waals surface area contributed by atoms with Crippen LogP contribution in [0.5, 0.6) is 5.75 Å². The lowest BCUT2D eigenvalue weighted by Gasteiger charge is -2.07. The number of hydrogen-bond acceptors (Lipinski definition) is 3. The quantitative estimate of drug-likeness (QED) is 0.854. The Morgan fingerprint density at radius 1 is 1.28 bits per heavy atom. The minimum atomic E-state index is -0.353. The van der Waals surface area contributed by atoms with Gasteiger partial charge in [0.1, 0.15) is 12.4 Å². The van der Waals surface area contributed by atoms with E-state index in [1.807, 2.05) is 13.0 Å². The maximum atomic E-state index is 13.4. The van der Waals surface area contributed by atoms with E-state index in [9.17, 15) is 4.39 Å². The van der Waals surface area contributed by atoms with Crippen LogP contribution in [-0.4, -0.2) is 6.54 Å². The van der Waals surface area contributed by atoms with Crippen molar-refractivity contribution in [3.63, 3.8) is 0 Å². The predicted molar refractivity (Wildman–Crippen MR) is 66.8 cm³/mol. The highest BCUT2D eigenvalue weighted by atomic mass is 19.1. The van der Waals surface area contributed by atoms with Gasteiger partial charge in [0.15, 0.2) is 11.6 Å². The molecular weight excluding hydrogens is 233 g/mol. The molecule has 0 fully saturated rings. The summed E-state index contributed by atoms with van der Waals surface area (Å²) in [6, 6.07) is 8.21. The van der Waals surface area contributed by atoms with E-state index in [0.717, 1.165) is 17.9 Å². The normalized spacial score (nSPS) is 10.6. The molecule has 1 heterocycles. The summed E-state index contributed by atoms with van der Waals surface area (Å²) in [7, 11) is 0. The van der Waals surface area contributed by atoms with Gasteiger partial charge in [-0.05, 0) is 24.7 Å². The largest absolute Gasteiger partial charge is 0.486 e. The minimum absolute atomic E-state index is 0.258. The molecule has 0 amide bonds. The molecule has 0 unspecified atom stereocenters. The minimum Gasteiger partial charge on any atom is -0.486 e. The first-order valence-corrected chi connectivity index (χ1v) is 5.94. The Kier molecular flexibility index (Phi) is 4.36. The highest BCUT2D eigenvalue weighted by Gasteiger charge is 2.08. The fraction of sp³-hybridized carbons (Fsp3) is 0.286. The molecule has 0 bridgehead atoms. The third-order valence-corrected chi connectivity index (χ3v) is 2.59. The van der Waals surface area contributed by atoms with Gasteiger partial charge in [-0.3, -0.25) is 0 Å². The van der Waals surface area contributed by atoms with Crippen LogP contribution in [0.25, 0.3) is 0 Å². The van der Waals surface area contributed by atoms with Gasteiger partial charge < -0.3 is 14.5 Å². The second kappa shape index (κ2) is 6.21. The maximum absolute atomic E-state index is 13.4. The van der Waals surface area contributed by atoms with E-state index in [1.165, 1.54) is 6.07 Å². The van der Waals surface area contributed by atoms with Gasteiger partial charge in [0.2, 0.25) is 0 Å². The summed E-state index contributed by atoms with van der Waals surface area (Å²) in [5.74, 6) is 0.732. The first-order chi connectivity index (χ1) is 8.81. The van der Waals surface area contributed by atoms with Crippen molar-refractivity contribution in [2.24, 2.45) is 0 Å². The molecule has 0 saturated carbocycles. The van der Waals surface area contributed by atoms with Crippen LogP contribution in [0, 0.1) is 5.82 Å². The fourth-order valence-corrected chi connectivity index (χ4v) is 1.61. The van der Waals surface area contributed by atoms with Crippen molar-refractivity contribution in [1.29, 1.82) is 0 Å². The topological polar surface area (TPSA) is 34.4 Å². The molecule has 96 valence electrons. The summed E-state index contributed by atoms with van der Waals surface area (Å²) in [4.78, 5) is 0. The molecule has 1 N–H and O–H groups in total. The predicted octanol–water partition coefficient (Wildman–Crippen LogP) is 3.11. The number of ether oxygens (including phenoxy) is 1. The number of para-hydroxylation sites is 1. The lowest BCUT2D eigenvalue weighted by molar-refractivity contribution is 0.286. The van der Waals surface area contributed by atoms with Gasteiger partial charge in [-0.1, -0.05) is 19.1 Å². The van der Waals surface area contributed by atoms with E-state index in [-0.39, 0.29) is 11.6 Å². The Labute approximate surface area is 106 Å². The SMILES string of the molecule is CCNCc1occc1COc1ccccc1F. The van der Waals surface area contributed by atoms with Crippen molar-refractivity contribution in [3.8, 4) is 5.75 Å². The summed E-state index contributed by atoms with van der Waals surface area (Å²) in [6.45, 7) is 3.85. The van der Waals surface area contributed by atoms with Gasteiger partial charge >= 0.3 is 0 Å². The molecule has 2 aromatic rings. The van der Waals surface area contributed by atoms with Crippen LogP contribution in [0.3, 0.4) is 0 Å². The van der Waals surface area contributed by atoms with Crippen LogP contribution >= 0.6 is 0 Å². The highest BCUT2D eigenvalue weighted by molar-refractivity contribution is 5.25. The molecule has 1 aromatic carbocycles. The molecule has 2 rings (SSSR count). The average Bonchev–Trinajstić information content (AvgIpc) is 2.83. The van der Waals surface area contributed by atoms with Gasteiger partial charge in [-0.25, -0.2) is 4.39 Å². The van der Waals surface area contributed by atoms with Gasteiger partial charge in [0.25, 0.3) is 0 Å². The smallest absolute Gasteiger partial charge is 0.165 e. The monoisotopic (exact) mass is 249 g/mol. The zero-order chi connectivity index (χ0) is 12.8. The Balaban J connectivity index is 1.98. The fourth-order valence-electron chi connectivity index (χ4n) is 1.61. The van der Waals surface area contributed by atoms with E-state index in [0.29, 0.717) is 13.2 Å². The van der Waals surface area contributed by atoms with E-state index in [4.69, 9.17) is 9.15 Å². The van der Waals surface area contributed by atoms with Gasteiger partial charge in [0.05, 0.1) is 12.8 Å². The van der Waals surface area contributed by atoms with Crippen LogP contribution in [0.2, 0.25) is 0 Å². The molecule has 0 aliphatic rings. The van der Waals surface area contributed by atoms with Crippen LogP contribution < -0.4 is 10.1 Å². The summed E-state index contributed by atoms with van der Waals surface area (Å²) < 4.78 is 24.1. The molecule has 1 aromatic heterocycles. The third-order valence-electron chi connectivity index (χ3n) is 2.59. The van der Waals surface area contributed by atoms with Gasteiger partial charge in [0, 0.05) is 5.56 Å². The molecule has 0 atom stereocenters. The van der Waals surface area contributed by atoms with Gasteiger partial charge in [-0.15, -0.1) is 0 Å². The molecule has 4 heteroatoms. The number of benzene rings is 1. The molecule has 18 heavy (non-hydrogen) atoms. The molecule has 0 saturated heterocycles. The van der Waals surface area contributed by atoms with Crippen LogP contribution in [0.1, 0.15) is 18.2 Å². The van der Waals surface area contributed by atoms with Crippen molar-refractivity contribution in [3.05, 3.63) is 53.7 Å². The van der Waals surface area contributed by atoms with Crippen LogP contribution in [0.15, 0.2) is 41.0 Å². The van der Waals surface area contributed by atoms with Crippen LogP contribution in [-0.2, 0) is 13.2 Å². The van der Waals surface area contributed by atoms with E-state index in [2.05, 4.69) is 5.32 Å². The van der Waals surface area contributed by atoms with Crippen molar-refractivity contribution in [1.82, 2.24) is 5.32 Å². The zero-order valence-electron chi connectivity index (χ0n) is 10.3. The van der Waals surface area contributed by atoms with E-state index in [1.54, 1.807) is 24.5 Å². The molecule has 0 radical (unpaired) electrons. The third kappa shape index (κ3) is 3.11. The average molecular weight is 249 g/mol. The number of hydrogen-bond donors (Lipinski definition) is 1. The number of furan rings is 1. The maximum Gasteiger partial charge on any atom is 0.165 e. The molecule has 0 aliphatic carbocycles. The summed E-state index contributed by atoms with van der Waals surface area (Å²) in [6.07, 6.45) is 1.62. The Bertz CT molecular complexity index is 496. The lowest BCUT2D eigenvalue weighted by Crippen LogP contribution is -2.12. The second-order valence-corrected chi connectivity index (χ2v) is 3.87. The van der Waals surface area contributed by atoms with Crippen molar-refractivity contribution in [2.75, 3.05) is 6.54 Å². The van der Waals surface area contributed by atoms with Crippen molar-refractivity contribution >= 4 is 0 Å². The zero-order valence-corrected chi connectivity index (χ0v) is 10.3.